The Kier molecular flexibility index (Phi) is 6.53. The number of amidine groups is 1. The predicted octanol–water partition coefficient (Wildman–Crippen LogP) is 2.83. The Bertz CT molecular complexity index is 1050. The molecule has 0 bridgehead atoms. The molecule has 2 atom stereocenters. The van der Waals surface area contributed by atoms with Crippen molar-refractivity contribution in [3.63, 3.8) is 0 Å². The number of thioether (sulfide) groups is 1. The van der Waals surface area contributed by atoms with Gasteiger partial charge in [0.2, 0.25) is 0 Å². The van der Waals surface area contributed by atoms with Gasteiger partial charge < -0.3 is 15.0 Å². The first-order valence-corrected chi connectivity index (χ1v) is 12.3. The topological polar surface area (TPSA) is 105 Å². The van der Waals surface area contributed by atoms with Crippen molar-refractivity contribution in [3.8, 4) is 0 Å². The highest BCUT2D eigenvalue weighted by atomic mass is 32.2. The molecule has 2 heterocycles. The Hall–Kier alpha value is -2.28. The second-order valence-corrected chi connectivity index (χ2v) is 11.7. The van der Waals surface area contributed by atoms with Crippen LogP contribution in [-0.4, -0.2) is 60.5 Å². The monoisotopic (exact) mass is 493 g/mol. The molecule has 0 unspecified atom stereocenters. The first kappa shape index (κ1) is 24.4. The summed E-state index contributed by atoms with van der Waals surface area (Å²) in [7, 11) is -3.37. The third-order valence-corrected chi connectivity index (χ3v) is 7.73. The molecule has 176 valence electrons. The number of hydrogen-bond donors (Lipinski definition) is 1. The number of rotatable bonds is 3. The number of benzene rings is 1. The third kappa shape index (κ3) is 5.94. The van der Waals surface area contributed by atoms with Crippen LogP contribution in [0, 0.1) is 0 Å². The van der Waals surface area contributed by atoms with Gasteiger partial charge in [-0.1, -0.05) is 17.8 Å². The Morgan fingerprint density at radius 3 is 2.56 bits per heavy atom. The van der Waals surface area contributed by atoms with Crippen molar-refractivity contribution < 1.29 is 35.9 Å². The molecule has 2 saturated heterocycles. The van der Waals surface area contributed by atoms with Crippen LogP contribution in [0.25, 0.3) is 0 Å². The second kappa shape index (κ2) is 8.58. The van der Waals surface area contributed by atoms with Gasteiger partial charge in [-0.05, 0) is 39.0 Å². The lowest BCUT2D eigenvalue weighted by Gasteiger charge is -2.25. The number of alkyl carbamates (subject to hydrolysis) is 1. The summed E-state index contributed by atoms with van der Waals surface area (Å²) in [4.78, 5) is 29.4. The van der Waals surface area contributed by atoms with E-state index in [1.54, 1.807) is 20.8 Å². The Morgan fingerprint density at radius 2 is 1.94 bits per heavy atom. The molecule has 2 fully saturated rings. The molecular weight excluding hydrogens is 471 g/mol. The molecule has 0 spiro atoms. The SMILES string of the molecule is CC(C)(C)OC(=O)NCC(=O)N=C1S[C@H]2CS(=O)(=O)C[C@H]2N1c1cccc(C(F)(F)F)c1. The quantitative estimate of drug-likeness (QED) is 0.690. The first-order valence-electron chi connectivity index (χ1n) is 9.56. The average Bonchev–Trinajstić information content (AvgIpc) is 3.08. The molecule has 1 aromatic carbocycles. The van der Waals surface area contributed by atoms with Gasteiger partial charge in [-0.15, -0.1) is 0 Å². The maximum absolute atomic E-state index is 13.2. The van der Waals surface area contributed by atoms with E-state index in [9.17, 15) is 31.2 Å². The summed E-state index contributed by atoms with van der Waals surface area (Å²) in [6, 6.07) is 3.76. The lowest BCUT2D eigenvalue weighted by atomic mass is 10.1. The van der Waals surface area contributed by atoms with Crippen LogP contribution in [0.2, 0.25) is 0 Å². The lowest BCUT2D eigenvalue weighted by molar-refractivity contribution is -0.137. The minimum Gasteiger partial charge on any atom is -0.444 e. The Balaban J connectivity index is 1.85. The van der Waals surface area contributed by atoms with Crippen LogP contribution in [0.5, 0.6) is 0 Å². The smallest absolute Gasteiger partial charge is 0.416 e. The van der Waals surface area contributed by atoms with E-state index in [-0.39, 0.29) is 22.4 Å². The zero-order valence-electron chi connectivity index (χ0n) is 17.5. The molecule has 1 N–H and O–H groups in total. The molecule has 1 aromatic rings. The molecule has 0 aliphatic carbocycles. The van der Waals surface area contributed by atoms with E-state index in [0.29, 0.717) is 0 Å². The fourth-order valence-electron chi connectivity index (χ4n) is 3.31. The van der Waals surface area contributed by atoms with Crippen molar-refractivity contribution in [2.45, 2.75) is 43.8 Å². The number of carbonyl (C=O) groups excluding carboxylic acids is 2. The van der Waals surface area contributed by atoms with E-state index >= 15 is 0 Å². The summed E-state index contributed by atoms with van der Waals surface area (Å²) in [6.45, 7) is 4.49. The second-order valence-electron chi connectivity index (χ2n) is 8.36. The number of fused-ring (bicyclic) bond motifs is 1. The fraction of sp³-hybridized carbons (Fsp3) is 0.526. The number of nitrogens with one attached hydrogen (secondary N) is 1. The largest absolute Gasteiger partial charge is 0.444 e. The van der Waals surface area contributed by atoms with Crippen LogP contribution in [0.3, 0.4) is 0 Å². The summed E-state index contributed by atoms with van der Waals surface area (Å²) in [5.74, 6) is -1.18. The number of sulfone groups is 1. The van der Waals surface area contributed by atoms with Gasteiger partial charge in [-0.25, -0.2) is 13.2 Å². The number of halogens is 3. The van der Waals surface area contributed by atoms with Gasteiger partial charge in [-0.3, -0.25) is 4.79 Å². The zero-order valence-corrected chi connectivity index (χ0v) is 19.1. The Morgan fingerprint density at radius 1 is 1.25 bits per heavy atom. The van der Waals surface area contributed by atoms with Crippen LogP contribution in [0.15, 0.2) is 29.3 Å². The van der Waals surface area contributed by atoms with Crippen LogP contribution in [0.4, 0.5) is 23.7 Å². The number of ether oxygens (including phenoxy) is 1. The number of amides is 2. The number of anilines is 1. The molecular formula is C19H22F3N3O5S2. The van der Waals surface area contributed by atoms with E-state index in [1.165, 1.54) is 17.0 Å². The van der Waals surface area contributed by atoms with Gasteiger partial charge in [0.25, 0.3) is 5.91 Å². The molecule has 32 heavy (non-hydrogen) atoms. The number of aliphatic imine (C=N–C) groups is 1. The van der Waals surface area contributed by atoms with Gasteiger partial charge in [-0.2, -0.15) is 18.2 Å². The van der Waals surface area contributed by atoms with Crippen molar-refractivity contribution in [1.82, 2.24) is 5.32 Å². The zero-order chi connectivity index (χ0) is 23.9. The van der Waals surface area contributed by atoms with Crippen molar-refractivity contribution in [1.29, 1.82) is 0 Å². The van der Waals surface area contributed by atoms with Gasteiger partial charge in [0, 0.05) is 10.9 Å². The first-order chi connectivity index (χ1) is 14.6. The number of nitrogens with zero attached hydrogens (tertiary/aromatic N) is 2. The molecule has 2 amide bonds. The van der Waals surface area contributed by atoms with Crippen molar-refractivity contribution in [2.75, 3.05) is 23.0 Å². The number of alkyl halides is 3. The number of carbonyl (C=O) groups is 2. The van der Waals surface area contributed by atoms with E-state index in [1.807, 2.05) is 0 Å². The Labute approximate surface area is 187 Å². The summed E-state index contributed by atoms with van der Waals surface area (Å²) < 4.78 is 68.8. The van der Waals surface area contributed by atoms with Gasteiger partial charge in [0.1, 0.15) is 12.1 Å². The van der Waals surface area contributed by atoms with E-state index in [2.05, 4.69) is 10.3 Å². The normalized spacial score (nSPS) is 23.8. The molecule has 8 nitrogen and oxygen atoms in total. The van der Waals surface area contributed by atoms with Crippen LogP contribution in [0.1, 0.15) is 26.3 Å². The van der Waals surface area contributed by atoms with Gasteiger partial charge in [0.05, 0.1) is 23.1 Å². The highest BCUT2D eigenvalue weighted by Crippen LogP contribution is 2.42. The van der Waals surface area contributed by atoms with Gasteiger partial charge in [0.15, 0.2) is 15.0 Å². The molecule has 0 saturated carbocycles. The minimum atomic E-state index is -4.59. The van der Waals surface area contributed by atoms with Gasteiger partial charge >= 0.3 is 12.3 Å². The molecule has 0 aromatic heterocycles. The maximum atomic E-state index is 13.2. The molecule has 2 aliphatic rings. The van der Waals surface area contributed by atoms with E-state index in [4.69, 9.17) is 4.74 Å². The maximum Gasteiger partial charge on any atom is 0.416 e. The molecule has 13 heteroatoms. The summed E-state index contributed by atoms with van der Waals surface area (Å²) in [5.41, 5.74) is -1.58. The summed E-state index contributed by atoms with van der Waals surface area (Å²) in [6.07, 6.45) is -5.41. The standard InChI is InChI=1S/C19H22F3N3O5S2/c1-18(2,3)30-17(27)23-8-15(26)24-16-25(13-9-32(28,29)10-14(13)31-16)12-6-4-5-11(7-12)19(20,21)22/h4-7,13-14H,8-10H2,1-3H3,(H,23,27)/t13-,14+/m1/s1. The minimum absolute atomic E-state index is 0.0866. The highest BCUT2D eigenvalue weighted by Gasteiger charge is 2.49. The van der Waals surface area contributed by atoms with Crippen molar-refractivity contribution >= 4 is 44.5 Å². The van der Waals surface area contributed by atoms with E-state index in [0.717, 1.165) is 23.9 Å². The highest BCUT2D eigenvalue weighted by molar-refractivity contribution is 8.16. The van der Waals surface area contributed by atoms with Crippen molar-refractivity contribution in [3.05, 3.63) is 29.8 Å². The molecule has 0 radical (unpaired) electrons. The van der Waals surface area contributed by atoms with Crippen molar-refractivity contribution in [2.24, 2.45) is 4.99 Å². The summed E-state index contributed by atoms with van der Waals surface area (Å²) >= 11 is 1.02. The van der Waals surface area contributed by atoms with Crippen LogP contribution < -0.4 is 10.2 Å². The van der Waals surface area contributed by atoms with E-state index < -0.39 is 57.0 Å². The molecule has 2 aliphatic heterocycles. The number of hydrogen-bond acceptors (Lipinski definition) is 6. The lowest BCUT2D eigenvalue weighted by Crippen LogP contribution is -2.38. The van der Waals surface area contributed by atoms with Crippen LogP contribution >= 0.6 is 11.8 Å². The fourth-order valence-corrected chi connectivity index (χ4v) is 7.24. The third-order valence-electron chi connectivity index (χ3n) is 4.52. The molecule has 3 rings (SSSR count). The summed E-state index contributed by atoms with van der Waals surface area (Å²) in [5, 5.41) is 1.89. The average molecular weight is 494 g/mol. The predicted molar refractivity (Wildman–Crippen MR) is 114 cm³/mol. The van der Waals surface area contributed by atoms with Crippen LogP contribution in [-0.2, 0) is 25.5 Å².